The van der Waals surface area contributed by atoms with Gasteiger partial charge in [-0.2, -0.15) is 12.7 Å². The van der Waals surface area contributed by atoms with Crippen molar-refractivity contribution in [3.63, 3.8) is 0 Å². The highest BCUT2D eigenvalue weighted by Crippen LogP contribution is 2.32. The van der Waals surface area contributed by atoms with E-state index in [2.05, 4.69) is 4.18 Å². The van der Waals surface area contributed by atoms with E-state index in [9.17, 15) is 23.1 Å². The van der Waals surface area contributed by atoms with E-state index in [1.807, 2.05) is 0 Å². The Hall–Kier alpha value is -1.29. The average Bonchev–Trinajstić information content (AvgIpc) is 2.84. The first-order chi connectivity index (χ1) is 11.4. The van der Waals surface area contributed by atoms with E-state index >= 15 is 0 Å². The molecule has 0 aromatic heterocycles. The smallest absolute Gasteiger partial charge is 0.451 e. The summed E-state index contributed by atoms with van der Waals surface area (Å²) in [5, 5.41) is 35.9. The predicted octanol–water partition coefficient (Wildman–Crippen LogP) is -3.37. The van der Waals surface area contributed by atoms with Gasteiger partial charge in [-0.3, -0.25) is 4.79 Å². The number of carboxylic acid groups (broad SMARTS) is 2. The van der Waals surface area contributed by atoms with Crippen molar-refractivity contribution in [2.24, 2.45) is 17.4 Å². The largest absolute Gasteiger partial charge is 0.480 e. The maximum atomic E-state index is 12.2. The average molecular weight is 383 g/mol. The molecule has 8 N–H and O–H groups in total. The Morgan fingerprint density at radius 3 is 2.40 bits per heavy atom. The zero-order chi connectivity index (χ0) is 19.4. The molecule has 0 aromatic carbocycles. The molecule has 0 aliphatic carbocycles. The van der Waals surface area contributed by atoms with Gasteiger partial charge in [-0.15, -0.1) is 0 Å². The third kappa shape index (κ3) is 5.34. The predicted molar refractivity (Wildman–Crippen MR) is 84.3 cm³/mol. The molecule has 14 heteroatoms. The first-order valence-corrected chi connectivity index (χ1v) is 8.80. The van der Waals surface area contributed by atoms with Gasteiger partial charge in [0.2, 0.25) is 0 Å². The zero-order valence-electron chi connectivity index (χ0n) is 13.3. The van der Waals surface area contributed by atoms with E-state index < -0.39 is 60.0 Å². The molecule has 1 rings (SSSR count). The van der Waals surface area contributed by atoms with Crippen LogP contribution >= 0.6 is 0 Å². The fourth-order valence-corrected chi connectivity index (χ4v) is 3.90. The minimum Gasteiger partial charge on any atom is -0.480 e. The molecule has 1 heterocycles. The number of nitrogens with zero attached hydrogens (tertiary/aromatic N) is 1. The van der Waals surface area contributed by atoms with Crippen molar-refractivity contribution >= 4 is 29.4 Å². The Balaban J connectivity index is 2.92. The van der Waals surface area contributed by atoms with Gasteiger partial charge in [0.15, 0.2) is 6.10 Å². The standard InChI is InChI=1S/C11H22BN3O9S/c13-4-8(9(16)17)24-25(22,23)15-5-7(2-1-3-12(20)21)11(14,6-15)10(18)19/h7-8,20-21H,1-6,13-14H2,(H,16,17)(H,18,19)/t7-,8-,11-/m0/s1. The van der Waals surface area contributed by atoms with Gasteiger partial charge in [0.1, 0.15) is 5.54 Å². The summed E-state index contributed by atoms with van der Waals surface area (Å²) in [6, 6.07) is 0. The van der Waals surface area contributed by atoms with Gasteiger partial charge < -0.3 is 31.7 Å². The van der Waals surface area contributed by atoms with Crippen LogP contribution in [0.3, 0.4) is 0 Å². The lowest BCUT2D eigenvalue weighted by Crippen LogP contribution is -2.55. The summed E-state index contributed by atoms with van der Waals surface area (Å²) in [6.45, 7) is -1.50. The molecule has 0 amide bonds. The summed E-state index contributed by atoms with van der Waals surface area (Å²) < 4.78 is 29.6. The molecule has 1 aliphatic rings. The van der Waals surface area contributed by atoms with Crippen molar-refractivity contribution in [3.8, 4) is 0 Å². The number of aliphatic carboxylic acids is 2. The number of carboxylic acids is 2. The van der Waals surface area contributed by atoms with Gasteiger partial charge in [0.25, 0.3) is 0 Å². The lowest BCUT2D eigenvalue weighted by molar-refractivity contribution is -0.145. The molecule has 0 aromatic rings. The Bertz CT molecular complexity index is 602. The van der Waals surface area contributed by atoms with Crippen LogP contribution in [0.15, 0.2) is 0 Å². The van der Waals surface area contributed by atoms with Crippen molar-refractivity contribution in [2.75, 3.05) is 19.6 Å². The normalized spacial score (nSPS) is 25.7. The molecular formula is C11H22BN3O9S. The molecular weight excluding hydrogens is 361 g/mol. The summed E-state index contributed by atoms with van der Waals surface area (Å²) in [5.74, 6) is -3.81. The van der Waals surface area contributed by atoms with Crippen molar-refractivity contribution < 1.29 is 42.5 Å². The van der Waals surface area contributed by atoms with Gasteiger partial charge in [-0.1, -0.05) is 6.42 Å². The van der Waals surface area contributed by atoms with E-state index in [4.69, 9.17) is 26.6 Å². The lowest BCUT2D eigenvalue weighted by atomic mass is 9.78. The van der Waals surface area contributed by atoms with Gasteiger partial charge in [-0.25, -0.2) is 8.98 Å². The van der Waals surface area contributed by atoms with Crippen molar-refractivity contribution in [2.45, 2.75) is 30.8 Å². The van der Waals surface area contributed by atoms with Gasteiger partial charge in [0, 0.05) is 25.6 Å². The number of hydrogen-bond acceptors (Lipinski definition) is 9. The zero-order valence-corrected chi connectivity index (χ0v) is 14.1. The van der Waals surface area contributed by atoms with E-state index in [0.717, 1.165) is 0 Å². The second kappa shape index (κ2) is 8.40. The highest BCUT2D eigenvalue weighted by atomic mass is 32.2. The van der Waals surface area contributed by atoms with Crippen molar-refractivity contribution in [3.05, 3.63) is 0 Å². The monoisotopic (exact) mass is 383 g/mol. The molecule has 0 radical (unpaired) electrons. The summed E-state index contributed by atoms with van der Waals surface area (Å²) in [7, 11) is -6.13. The first kappa shape index (κ1) is 21.8. The van der Waals surface area contributed by atoms with Gasteiger partial charge >= 0.3 is 29.4 Å². The number of carbonyl (C=O) groups is 2. The number of hydrogen-bond donors (Lipinski definition) is 6. The Kier molecular flexibility index (Phi) is 7.31. The Morgan fingerprint density at radius 1 is 1.36 bits per heavy atom. The second-order valence-corrected chi connectivity index (χ2v) is 7.43. The highest BCUT2D eigenvalue weighted by Gasteiger charge is 2.53. The molecule has 0 bridgehead atoms. The van der Waals surface area contributed by atoms with Crippen LogP contribution in [-0.2, 0) is 24.1 Å². The molecule has 3 atom stereocenters. The van der Waals surface area contributed by atoms with Crippen molar-refractivity contribution in [1.29, 1.82) is 0 Å². The molecule has 12 nitrogen and oxygen atoms in total. The summed E-state index contributed by atoms with van der Waals surface area (Å²) in [6.07, 6.45) is -1.48. The van der Waals surface area contributed by atoms with Crippen LogP contribution in [0.4, 0.5) is 0 Å². The van der Waals surface area contributed by atoms with Crippen LogP contribution in [0, 0.1) is 5.92 Å². The molecule has 1 fully saturated rings. The number of rotatable bonds is 10. The minimum absolute atomic E-state index is 0.0241. The van der Waals surface area contributed by atoms with E-state index in [0.29, 0.717) is 4.31 Å². The van der Waals surface area contributed by atoms with Gasteiger partial charge in [0.05, 0.1) is 0 Å². The fourth-order valence-electron chi connectivity index (χ4n) is 2.59. The minimum atomic E-state index is -4.56. The molecule has 1 aliphatic heterocycles. The van der Waals surface area contributed by atoms with Crippen LogP contribution in [-0.4, -0.2) is 83.3 Å². The second-order valence-electron chi connectivity index (χ2n) is 5.86. The maximum Gasteiger partial charge on any atom is 0.451 e. The summed E-state index contributed by atoms with van der Waals surface area (Å²) in [5.41, 5.74) is 9.09. The molecule has 144 valence electrons. The molecule has 1 saturated heterocycles. The lowest BCUT2D eigenvalue weighted by Gasteiger charge is -2.25. The van der Waals surface area contributed by atoms with Crippen LogP contribution in [0.5, 0.6) is 0 Å². The summed E-state index contributed by atoms with van der Waals surface area (Å²) >= 11 is 0. The van der Waals surface area contributed by atoms with Crippen molar-refractivity contribution in [1.82, 2.24) is 4.31 Å². The quantitative estimate of drug-likeness (QED) is 0.205. The SMILES string of the molecule is NC[C@H](OS(=O)(=O)N1C[C@H](CCCB(O)O)[C@](N)(C(=O)O)C1)C(=O)O. The molecule has 0 unspecified atom stereocenters. The van der Waals surface area contributed by atoms with Crippen LogP contribution < -0.4 is 11.5 Å². The fraction of sp³-hybridized carbons (Fsp3) is 0.818. The van der Waals surface area contributed by atoms with Crippen LogP contribution in [0.1, 0.15) is 12.8 Å². The topological polar surface area (TPSA) is 214 Å². The molecule has 25 heavy (non-hydrogen) atoms. The molecule has 0 spiro atoms. The van der Waals surface area contributed by atoms with E-state index in [1.54, 1.807) is 0 Å². The Labute approximate surface area is 144 Å². The van der Waals surface area contributed by atoms with E-state index in [1.165, 1.54) is 0 Å². The van der Waals surface area contributed by atoms with Crippen LogP contribution in [0.25, 0.3) is 0 Å². The van der Waals surface area contributed by atoms with Gasteiger partial charge in [-0.05, 0) is 12.7 Å². The van der Waals surface area contributed by atoms with E-state index in [-0.39, 0.29) is 25.7 Å². The Morgan fingerprint density at radius 2 is 1.96 bits per heavy atom. The highest BCUT2D eigenvalue weighted by molar-refractivity contribution is 7.84. The third-order valence-corrected chi connectivity index (χ3v) is 5.43. The number of nitrogens with two attached hydrogens (primary N) is 2. The third-order valence-electron chi connectivity index (χ3n) is 4.05. The first-order valence-electron chi connectivity index (χ1n) is 7.43. The maximum absolute atomic E-state index is 12.2. The van der Waals surface area contributed by atoms with Crippen LogP contribution in [0.2, 0.25) is 6.32 Å². The molecule has 0 saturated carbocycles. The summed E-state index contributed by atoms with van der Waals surface area (Å²) in [4.78, 5) is 22.4.